The van der Waals surface area contributed by atoms with Crippen LogP contribution < -0.4 is 5.32 Å². The molecule has 1 N–H and O–H groups in total. The van der Waals surface area contributed by atoms with Gasteiger partial charge in [0.05, 0.1) is 6.54 Å². The highest BCUT2D eigenvalue weighted by Gasteiger charge is 2.37. The highest BCUT2D eigenvalue weighted by Crippen LogP contribution is 2.24. The number of rotatable bonds is 2. The van der Waals surface area contributed by atoms with Crippen LogP contribution in [0.5, 0.6) is 0 Å². The van der Waals surface area contributed by atoms with Crippen molar-refractivity contribution in [1.29, 1.82) is 0 Å². The Labute approximate surface area is 95.2 Å². The Morgan fingerprint density at radius 1 is 1.44 bits per heavy atom. The lowest BCUT2D eigenvalue weighted by Gasteiger charge is -2.35. The monoisotopic (exact) mass is 238 g/mol. The minimum atomic E-state index is -4.10. The number of hydrogen-bond acceptors (Lipinski definition) is 2. The molecule has 0 spiro atoms. The van der Waals surface area contributed by atoms with Gasteiger partial charge < -0.3 is 5.32 Å². The summed E-state index contributed by atoms with van der Waals surface area (Å²) in [6, 6.07) is -0.0116. The first-order valence-electron chi connectivity index (χ1n) is 5.81. The van der Waals surface area contributed by atoms with Crippen molar-refractivity contribution in [3.63, 3.8) is 0 Å². The number of alkyl halides is 3. The van der Waals surface area contributed by atoms with Gasteiger partial charge in [0.15, 0.2) is 0 Å². The summed E-state index contributed by atoms with van der Waals surface area (Å²) in [7, 11) is 0. The van der Waals surface area contributed by atoms with Gasteiger partial charge in [-0.05, 0) is 33.2 Å². The van der Waals surface area contributed by atoms with Crippen LogP contribution in [0.3, 0.4) is 0 Å². The van der Waals surface area contributed by atoms with Crippen molar-refractivity contribution in [2.24, 2.45) is 0 Å². The molecular weight excluding hydrogens is 217 g/mol. The van der Waals surface area contributed by atoms with Crippen LogP contribution in [-0.4, -0.2) is 42.3 Å². The van der Waals surface area contributed by atoms with Gasteiger partial charge in [0.25, 0.3) is 0 Å². The first-order chi connectivity index (χ1) is 7.26. The third-order valence-corrected chi connectivity index (χ3v) is 3.45. The van der Waals surface area contributed by atoms with Crippen LogP contribution in [0.4, 0.5) is 13.2 Å². The van der Waals surface area contributed by atoms with E-state index in [1.54, 1.807) is 4.90 Å². The molecule has 0 bridgehead atoms. The maximum atomic E-state index is 12.4. The predicted molar refractivity (Wildman–Crippen MR) is 58.4 cm³/mol. The molecule has 2 nitrogen and oxygen atoms in total. The van der Waals surface area contributed by atoms with Gasteiger partial charge in [-0.3, -0.25) is 4.90 Å². The van der Waals surface area contributed by atoms with Crippen LogP contribution in [-0.2, 0) is 0 Å². The Hall–Kier alpha value is -0.290. The first kappa shape index (κ1) is 13.8. The fourth-order valence-corrected chi connectivity index (χ4v) is 2.10. The molecule has 2 unspecified atom stereocenters. The predicted octanol–water partition coefficient (Wildman–Crippen LogP) is 2.40. The summed E-state index contributed by atoms with van der Waals surface area (Å²) in [6.45, 7) is 6.33. The summed E-state index contributed by atoms with van der Waals surface area (Å²) in [5, 5.41) is 3.34. The van der Waals surface area contributed by atoms with E-state index in [0.717, 1.165) is 19.4 Å². The van der Waals surface area contributed by atoms with E-state index < -0.39 is 12.7 Å². The molecule has 1 aliphatic heterocycles. The van der Waals surface area contributed by atoms with Crippen molar-refractivity contribution in [3.8, 4) is 0 Å². The van der Waals surface area contributed by atoms with Crippen LogP contribution in [0.15, 0.2) is 0 Å². The first-order valence-corrected chi connectivity index (χ1v) is 5.81. The summed E-state index contributed by atoms with van der Waals surface area (Å²) < 4.78 is 37.3. The second-order valence-corrected chi connectivity index (χ2v) is 5.00. The van der Waals surface area contributed by atoms with Crippen molar-refractivity contribution in [2.75, 3.05) is 19.6 Å². The zero-order valence-corrected chi connectivity index (χ0v) is 10.2. The maximum Gasteiger partial charge on any atom is 0.401 e. The smallest absolute Gasteiger partial charge is 0.310 e. The lowest BCUT2D eigenvalue weighted by Crippen LogP contribution is -2.51. The molecule has 0 amide bonds. The number of halogens is 3. The zero-order valence-electron chi connectivity index (χ0n) is 10.2. The van der Waals surface area contributed by atoms with Gasteiger partial charge in [0, 0.05) is 18.1 Å². The van der Waals surface area contributed by atoms with Gasteiger partial charge in [-0.15, -0.1) is 0 Å². The zero-order chi connectivity index (χ0) is 12.4. The molecule has 0 aromatic carbocycles. The van der Waals surface area contributed by atoms with Gasteiger partial charge in [0.2, 0.25) is 0 Å². The lowest BCUT2D eigenvalue weighted by molar-refractivity contribution is -0.151. The summed E-state index contributed by atoms with van der Waals surface area (Å²) >= 11 is 0. The molecular formula is C11H21F3N2. The standard InChI is InChI=1S/C11H21F3N2/c1-4-10(3)7-16(8-11(12,13)14)9(2)5-6-15-10/h9,15H,4-8H2,1-3H3. The SMILES string of the molecule is CCC1(C)CN(CC(F)(F)F)C(C)CCN1. The molecule has 5 heteroatoms. The van der Waals surface area contributed by atoms with E-state index in [1.165, 1.54) is 0 Å². The van der Waals surface area contributed by atoms with Crippen molar-refractivity contribution in [2.45, 2.75) is 51.4 Å². The minimum Gasteiger partial charge on any atom is -0.310 e. The molecule has 1 heterocycles. The third-order valence-electron chi connectivity index (χ3n) is 3.45. The molecule has 0 aliphatic carbocycles. The number of nitrogens with one attached hydrogen (secondary N) is 1. The van der Waals surface area contributed by atoms with Crippen molar-refractivity contribution >= 4 is 0 Å². The highest BCUT2D eigenvalue weighted by atomic mass is 19.4. The fraction of sp³-hybridized carbons (Fsp3) is 1.00. The normalized spacial score (nSPS) is 33.8. The largest absolute Gasteiger partial charge is 0.401 e. The third kappa shape index (κ3) is 3.94. The molecule has 1 fully saturated rings. The average Bonchev–Trinajstić information content (AvgIpc) is 2.26. The van der Waals surface area contributed by atoms with E-state index in [4.69, 9.17) is 0 Å². The van der Waals surface area contributed by atoms with E-state index in [9.17, 15) is 13.2 Å². The summed E-state index contributed by atoms with van der Waals surface area (Å²) in [4.78, 5) is 1.55. The average molecular weight is 238 g/mol. The molecule has 1 rings (SSSR count). The van der Waals surface area contributed by atoms with Crippen molar-refractivity contribution in [1.82, 2.24) is 10.2 Å². The van der Waals surface area contributed by atoms with Crippen LogP contribution >= 0.6 is 0 Å². The Morgan fingerprint density at radius 3 is 2.56 bits per heavy atom. The van der Waals surface area contributed by atoms with Crippen LogP contribution in [0, 0.1) is 0 Å². The van der Waals surface area contributed by atoms with E-state index in [1.807, 2.05) is 20.8 Å². The molecule has 0 aromatic heterocycles. The quantitative estimate of drug-likeness (QED) is 0.794. The molecule has 0 saturated carbocycles. The second kappa shape index (κ2) is 4.92. The van der Waals surface area contributed by atoms with Gasteiger partial charge in [0.1, 0.15) is 0 Å². The van der Waals surface area contributed by atoms with E-state index in [0.29, 0.717) is 6.54 Å². The number of nitrogens with zero attached hydrogens (tertiary/aromatic N) is 1. The van der Waals surface area contributed by atoms with Crippen molar-refractivity contribution < 1.29 is 13.2 Å². The van der Waals surface area contributed by atoms with E-state index in [2.05, 4.69) is 5.32 Å². The molecule has 0 radical (unpaired) electrons. The van der Waals surface area contributed by atoms with Gasteiger partial charge in [-0.1, -0.05) is 6.92 Å². The highest BCUT2D eigenvalue weighted by molar-refractivity contribution is 4.91. The number of hydrogen-bond donors (Lipinski definition) is 1. The second-order valence-electron chi connectivity index (χ2n) is 5.00. The topological polar surface area (TPSA) is 15.3 Å². The molecule has 1 aliphatic rings. The van der Waals surface area contributed by atoms with Crippen LogP contribution in [0.2, 0.25) is 0 Å². The fourth-order valence-electron chi connectivity index (χ4n) is 2.10. The van der Waals surface area contributed by atoms with Crippen LogP contribution in [0.1, 0.15) is 33.6 Å². The molecule has 96 valence electrons. The molecule has 2 atom stereocenters. The lowest BCUT2D eigenvalue weighted by atomic mass is 9.98. The molecule has 1 saturated heterocycles. The van der Waals surface area contributed by atoms with Crippen molar-refractivity contribution in [3.05, 3.63) is 0 Å². The Kier molecular flexibility index (Phi) is 4.23. The summed E-state index contributed by atoms with van der Waals surface area (Å²) in [6.07, 6.45) is -2.49. The van der Waals surface area contributed by atoms with E-state index in [-0.39, 0.29) is 11.6 Å². The Morgan fingerprint density at radius 2 is 2.06 bits per heavy atom. The maximum absolute atomic E-state index is 12.4. The van der Waals surface area contributed by atoms with Gasteiger partial charge in [-0.25, -0.2) is 0 Å². The Balaban J connectivity index is 2.71. The van der Waals surface area contributed by atoms with Gasteiger partial charge in [-0.2, -0.15) is 13.2 Å². The van der Waals surface area contributed by atoms with Gasteiger partial charge >= 0.3 is 6.18 Å². The minimum absolute atomic E-state index is 0.0116. The Bertz CT molecular complexity index is 230. The summed E-state index contributed by atoms with van der Waals surface area (Å²) in [5.74, 6) is 0. The molecule has 16 heavy (non-hydrogen) atoms. The molecule has 0 aromatic rings. The van der Waals surface area contributed by atoms with E-state index >= 15 is 0 Å². The van der Waals surface area contributed by atoms with Crippen LogP contribution in [0.25, 0.3) is 0 Å². The summed E-state index contributed by atoms with van der Waals surface area (Å²) in [5.41, 5.74) is -0.198.